The van der Waals surface area contributed by atoms with Crippen molar-refractivity contribution in [1.29, 1.82) is 0 Å². The average molecular weight is 405 g/mol. The molecule has 1 heterocycles. The highest BCUT2D eigenvalue weighted by atomic mass is 16.5. The molecule has 0 saturated heterocycles. The molecule has 2 amide bonds. The highest BCUT2D eigenvalue weighted by molar-refractivity contribution is 6.04. The van der Waals surface area contributed by atoms with Crippen LogP contribution in [0.3, 0.4) is 0 Å². The third-order valence-corrected chi connectivity index (χ3v) is 4.08. The molecule has 3 rings (SSSR count). The van der Waals surface area contributed by atoms with Gasteiger partial charge in [-0.15, -0.1) is 0 Å². The van der Waals surface area contributed by atoms with Crippen LogP contribution in [0.5, 0.6) is 11.6 Å². The predicted octanol–water partition coefficient (Wildman–Crippen LogP) is 3.43. The summed E-state index contributed by atoms with van der Waals surface area (Å²) in [5, 5.41) is 5.47. The topological polar surface area (TPSA) is 89.6 Å². The number of likely N-dealkylation sites (N-methyl/N-ethyl adjacent to an activating group) is 1. The van der Waals surface area contributed by atoms with E-state index in [0.29, 0.717) is 36.0 Å². The van der Waals surface area contributed by atoms with Crippen molar-refractivity contribution < 1.29 is 19.1 Å². The van der Waals surface area contributed by atoms with Crippen molar-refractivity contribution in [2.75, 3.05) is 18.5 Å². The first-order valence-corrected chi connectivity index (χ1v) is 9.57. The van der Waals surface area contributed by atoms with Crippen LogP contribution in [0.2, 0.25) is 0 Å². The molecule has 0 aliphatic heterocycles. The monoisotopic (exact) mass is 405 g/mol. The number of pyridine rings is 1. The van der Waals surface area contributed by atoms with Crippen LogP contribution in [0, 0.1) is 0 Å². The fourth-order valence-corrected chi connectivity index (χ4v) is 2.60. The van der Waals surface area contributed by atoms with Crippen LogP contribution < -0.4 is 20.1 Å². The number of carbonyl (C=O) groups excluding carboxylic acids is 2. The molecule has 7 nitrogen and oxygen atoms in total. The van der Waals surface area contributed by atoms with E-state index < -0.39 is 0 Å². The van der Waals surface area contributed by atoms with Gasteiger partial charge in [-0.05, 0) is 42.8 Å². The Morgan fingerprint density at radius 2 is 1.73 bits per heavy atom. The molecule has 2 N–H and O–H groups in total. The third kappa shape index (κ3) is 6.34. The molecule has 0 bridgehead atoms. The highest BCUT2D eigenvalue weighted by Gasteiger charge is 2.09. The number of ether oxygens (including phenoxy) is 2. The molecular weight excluding hydrogens is 382 g/mol. The van der Waals surface area contributed by atoms with Gasteiger partial charge in [-0.3, -0.25) is 9.59 Å². The van der Waals surface area contributed by atoms with Crippen molar-refractivity contribution in [1.82, 2.24) is 10.3 Å². The molecule has 0 unspecified atom stereocenters. The standard InChI is InChI=1S/C23H23N3O4/c1-2-24-21(27)16-29-20-10-8-19(9-11-20)26-23(28)18-12-13-25-22(14-18)30-15-17-6-4-3-5-7-17/h3-14H,2,15-16H2,1H3,(H,24,27)(H,26,28). The van der Waals surface area contributed by atoms with Gasteiger partial charge in [-0.2, -0.15) is 0 Å². The number of amides is 2. The van der Waals surface area contributed by atoms with Crippen molar-refractivity contribution >= 4 is 17.5 Å². The predicted molar refractivity (Wildman–Crippen MR) is 114 cm³/mol. The molecular formula is C23H23N3O4. The van der Waals surface area contributed by atoms with Crippen LogP contribution in [-0.4, -0.2) is 29.9 Å². The van der Waals surface area contributed by atoms with Crippen LogP contribution >= 0.6 is 0 Å². The molecule has 30 heavy (non-hydrogen) atoms. The summed E-state index contributed by atoms with van der Waals surface area (Å²) in [6.45, 7) is 2.72. The van der Waals surface area contributed by atoms with Gasteiger partial charge in [0.15, 0.2) is 6.61 Å². The first-order chi connectivity index (χ1) is 14.6. The summed E-state index contributed by atoms with van der Waals surface area (Å²) in [5.74, 6) is 0.455. The molecule has 1 aromatic heterocycles. The Labute approximate surface area is 175 Å². The zero-order valence-corrected chi connectivity index (χ0v) is 16.6. The minimum Gasteiger partial charge on any atom is -0.484 e. The van der Waals surface area contributed by atoms with E-state index >= 15 is 0 Å². The molecule has 3 aromatic rings. The van der Waals surface area contributed by atoms with Crippen LogP contribution in [0.15, 0.2) is 72.9 Å². The van der Waals surface area contributed by atoms with E-state index in [4.69, 9.17) is 9.47 Å². The Morgan fingerprint density at radius 1 is 0.967 bits per heavy atom. The van der Waals surface area contributed by atoms with Crippen molar-refractivity contribution in [2.45, 2.75) is 13.5 Å². The average Bonchev–Trinajstić information content (AvgIpc) is 2.78. The fraction of sp³-hybridized carbons (Fsp3) is 0.174. The molecule has 0 aliphatic carbocycles. The van der Waals surface area contributed by atoms with E-state index in [1.165, 1.54) is 6.20 Å². The van der Waals surface area contributed by atoms with Crippen LogP contribution in [0.25, 0.3) is 0 Å². The number of hydrogen-bond donors (Lipinski definition) is 2. The molecule has 0 spiro atoms. The zero-order valence-electron chi connectivity index (χ0n) is 16.6. The summed E-state index contributed by atoms with van der Waals surface area (Å²) < 4.78 is 11.1. The van der Waals surface area contributed by atoms with Crippen LogP contribution in [0.1, 0.15) is 22.8 Å². The minimum atomic E-state index is -0.280. The highest BCUT2D eigenvalue weighted by Crippen LogP contribution is 2.18. The molecule has 0 aliphatic rings. The third-order valence-electron chi connectivity index (χ3n) is 4.08. The maximum atomic E-state index is 12.5. The smallest absolute Gasteiger partial charge is 0.257 e. The van der Waals surface area contributed by atoms with Crippen molar-refractivity contribution in [3.63, 3.8) is 0 Å². The van der Waals surface area contributed by atoms with Crippen molar-refractivity contribution in [2.24, 2.45) is 0 Å². The summed E-state index contributed by atoms with van der Waals surface area (Å²) in [7, 11) is 0. The number of nitrogens with one attached hydrogen (secondary N) is 2. The normalized spacial score (nSPS) is 10.2. The number of carbonyl (C=O) groups is 2. The lowest BCUT2D eigenvalue weighted by atomic mass is 10.2. The lowest BCUT2D eigenvalue weighted by Crippen LogP contribution is -2.28. The SMILES string of the molecule is CCNC(=O)COc1ccc(NC(=O)c2ccnc(OCc3ccccc3)c2)cc1. The van der Waals surface area contributed by atoms with E-state index in [-0.39, 0.29) is 18.4 Å². The molecule has 0 radical (unpaired) electrons. The van der Waals surface area contributed by atoms with E-state index in [2.05, 4.69) is 15.6 Å². The lowest BCUT2D eigenvalue weighted by molar-refractivity contribution is -0.122. The van der Waals surface area contributed by atoms with Crippen LogP contribution in [0.4, 0.5) is 5.69 Å². The number of aromatic nitrogens is 1. The zero-order chi connectivity index (χ0) is 21.2. The first kappa shape index (κ1) is 20.9. The Bertz CT molecular complexity index is 975. The maximum absolute atomic E-state index is 12.5. The summed E-state index contributed by atoms with van der Waals surface area (Å²) in [6.07, 6.45) is 1.54. The number of rotatable bonds is 9. The first-order valence-electron chi connectivity index (χ1n) is 9.57. The molecule has 0 atom stereocenters. The second-order valence-electron chi connectivity index (χ2n) is 6.38. The van der Waals surface area contributed by atoms with Gasteiger partial charge in [0, 0.05) is 30.1 Å². The molecule has 0 fully saturated rings. The molecule has 154 valence electrons. The number of anilines is 1. The van der Waals surface area contributed by atoms with Crippen molar-refractivity contribution in [3.05, 3.63) is 84.1 Å². The van der Waals surface area contributed by atoms with E-state index in [1.807, 2.05) is 37.3 Å². The van der Waals surface area contributed by atoms with Gasteiger partial charge in [0.05, 0.1) is 0 Å². The molecule has 0 saturated carbocycles. The van der Waals surface area contributed by atoms with Gasteiger partial charge >= 0.3 is 0 Å². The Hall–Kier alpha value is -3.87. The van der Waals surface area contributed by atoms with Gasteiger partial charge in [-0.1, -0.05) is 30.3 Å². The van der Waals surface area contributed by atoms with Crippen LogP contribution in [-0.2, 0) is 11.4 Å². The Morgan fingerprint density at radius 3 is 2.47 bits per heavy atom. The number of nitrogens with zero attached hydrogens (tertiary/aromatic N) is 1. The Balaban J connectivity index is 1.54. The van der Waals surface area contributed by atoms with Gasteiger partial charge in [0.25, 0.3) is 11.8 Å². The maximum Gasteiger partial charge on any atom is 0.257 e. The summed E-state index contributed by atoms with van der Waals surface area (Å²) in [4.78, 5) is 28.1. The van der Waals surface area contributed by atoms with Gasteiger partial charge < -0.3 is 20.1 Å². The number of hydrogen-bond acceptors (Lipinski definition) is 5. The van der Waals surface area contributed by atoms with Gasteiger partial charge in [0.1, 0.15) is 12.4 Å². The summed E-state index contributed by atoms with van der Waals surface area (Å²) in [6, 6.07) is 19.7. The van der Waals surface area contributed by atoms with Gasteiger partial charge in [-0.25, -0.2) is 4.98 Å². The quantitative estimate of drug-likeness (QED) is 0.569. The Kier molecular flexibility index (Phi) is 7.38. The summed E-state index contributed by atoms with van der Waals surface area (Å²) >= 11 is 0. The minimum absolute atomic E-state index is 0.0533. The largest absolute Gasteiger partial charge is 0.484 e. The van der Waals surface area contributed by atoms with E-state index in [9.17, 15) is 9.59 Å². The fourth-order valence-electron chi connectivity index (χ4n) is 2.60. The van der Waals surface area contributed by atoms with E-state index in [1.54, 1.807) is 36.4 Å². The second kappa shape index (κ2) is 10.6. The summed E-state index contributed by atoms with van der Waals surface area (Å²) in [5.41, 5.74) is 2.06. The second-order valence-corrected chi connectivity index (χ2v) is 6.38. The van der Waals surface area contributed by atoms with E-state index in [0.717, 1.165) is 5.56 Å². The van der Waals surface area contributed by atoms with Gasteiger partial charge in [0.2, 0.25) is 5.88 Å². The number of benzene rings is 2. The lowest BCUT2D eigenvalue weighted by Gasteiger charge is -2.09. The molecule has 2 aromatic carbocycles. The van der Waals surface area contributed by atoms with Crippen molar-refractivity contribution in [3.8, 4) is 11.6 Å². The molecule has 7 heteroatoms.